The Balaban J connectivity index is 1.79. The fourth-order valence-electron chi connectivity index (χ4n) is 2.25. The summed E-state index contributed by atoms with van der Waals surface area (Å²) in [4.78, 5) is 0.102. The number of hydrogen-bond donors (Lipinski definition) is 0. The maximum absolute atomic E-state index is 12.3. The van der Waals surface area contributed by atoms with Crippen molar-refractivity contribution in [2.75, 3.05) is 13.1 Å². The van der Waals surface area contributed by atoms with Gasteiger partial charge in [-0.1, -0.05) is 5.16 Å². The van der Waals surface area contributed by atoms with Crippen molar-refractivity contribution < 1.29 is 12.9 Å². The van der Waals surface area contributed by atoms with Gasteiger partial charge in [0.1, 0.15) is 11.2 Å². The highest BCUT2D eigenvalue weighted by molar-refractivity contribution is 7.89. The lowest BCUT2D eigenvalue weighted by molar-refractivity contribution is 0.415. The zero-order valence-corrected chi connectivity index (χ0v) is 11.2. The third kappa shape index (κ3) is 2.17. The maximum atomic E-state index is 12.3. The molecule has 0 bridgehead atoms. The molecule has 1 aliphatic heterocycles. The second-order valence-electron chi connectivity index (χ2n) is 4.66. The molecule has 2 aromatic rings. The summed E-state index contributed by atoms with van der Waals surface area (Å²) < 4.78 is 32.4. The molecule has 8 heteroatoms. The van der Waals surface area contributed by atoms with Gasteiger partial charge in [-0.15, -0.1) is 0 Å². The third-order valence-corrected chi connectivity index (χ3v) is 5.09. The zero-order valence-electron chi connectivity index (χ0n) is 10.4. The van der Waals surface area contributed by atoms with Crippen LogP contribution in [0.1, 0.15) is 18.0 Å². The topological polar surface area (TPSA) is 81.2 Å². The van der Waals surface area contributed by atoms with Crippen LogP contribution in [0.3, 0.4) is 0 Å². The molecule has 102 valence electrons. The van der Waals surface area contributed by atoms with Gasteiger partial charge in [0, 0.05) is 19.3 Å². The number of aryl methyl sites for hydroxylation is 1. The molecule has 0 saturated carbocycles. The van der Waals surface area contributed by atoms with E-state index in [-0.39, 0.29) is 10.9 Å². The summed E-state index contributed by atoms with van der Waals surface area (Å²) in [6.45, 7) is 2.87. The molecule has 0 radical (unpaired) electrons. The van der Waals surface area contributed by atoms with E-state index in [1.807, 2.05) is 17.8 Å². The Kier molecular flexibility index (Phi) is 2.90. The summed E-state index contributed by atoms with van der Waals surface area (Å²) in [5.74, 6) is 0. The lowest BCUT2D eigenvalue weighted by Gasteiger charge is -2.15. The van der Waals surface area contributed by atoms with Gasteiger partial charge in [-0.25, -0.2) is 8.42 Å². The first kappa shape index (κ1) is 12.4. The van der Waals surface area contributed by atoms with E-state index in [1.165, 1.54) is 10.5 Å². The van der Waals surface area contributed by atoms with Crippen LogP contribution in [0.25, 0.3) is 0 Å². The third-order valence-electron chi connectivity index (χ3n) is 3.28. The summed E-state index contributed by atoms with van der Waals surface area (Å²) in [6.07, 6.45) is 6.84. The molecule has 19 heavy (non-hydrogen) atoms. The molecule has 1 atom stereocenters. The molecule has 3 rings (SSSR count). The highest BCUT2D eigenvalue weighted by Gasteiger charge is 2.34. The lowest BCUT2D eigenvalue weighted by atomic mass is 10.3. The van der Waals surface area contributed by atoms with E-state index in [1.54, 1.807) is 6.20 Å². The van der Waals surface area contributed by atoms with Crippen molar-refractivity contribution >= 4 is 10.0 Å². The van der Waals surface area contributed by atoms with Crippen molar-refractivity contribution in [1.82, 2.24) is 19.2 Å². The van der Waals surface area contributed by atoms with Crippen molar-refractivity contribution in [2.45, 2.75) is 24.3 Å². The van der Waals surface area contributed by atoms with Gasteiger partial charge in [0.25, 0.3) is 0 Å². The minimum absolute atomic E-state index is 0.0864. The van der Waals surface area contributed by atoms with Crippen molar-refractivity contribution in [3.63, 3.8) is 0 Å². The Hall–Kier alpha value is -1.67. The van der Waals surface area contributed by atoms with Crippen LogP contribution >= 0.6 is 0 Å². The van der Waals surface area contributed by atoms with Crippen LogP contribution in [0.4, 0.5) is 0 Å². The fraction of sp³-hybridized carbons (Fsp3) is 0.455. The molecule has 0 spiro atoms. The van der Waals surface area contributed by atoms with Crippen molar-refractivity contribution in [1.29, 1.82) is 0 Å². The van der Waals surface area contributed by atoms with Gasteiger partial charge in [0.15, 0.2) is 0 Å². The van der Waals surface area contributed by atoms with Gasteiger partial charge in [-0.05, 0) is 18.9 Å². The molecule has 0 aliphatic carbocycles. The largest absolute Gasteiger partial charge is 0.363 e. The lowest BCUT2D eigenvalue weighted by Crippen LogP contribution is -2.29. The number of sulfonamides is 1. The Morgan fingerprint density at radius 1 is 1.42 bits per heavy atom. The van der Waals surface area contributed by atoms with E-state index in [0.717, 1.165) is 18.2 Å². The van der Waals surface area contributed by atoms with Crippen LogP contribution in [-0.4, -0.2) is 40.7 Å². The van der Waals surface area contributed by atoms with Crippen LogP contribution in [0.2, 0.25) is 0 Å². The normalized spacial score (nSPS) is 21.0. The molecule has 3 heterocycles. The average Bonchev–Trinajstić information content (AvgIpc) is 3.10. The van der Waals surface area contributed by atoms with E-state index in [2.05, 4.69) is 14.8 Å². The van der Waals surface area contributed by atoms with Crippen LogP contribution in [0.5, 0.6) is 0 Å². The molecule has 2 aromatic heterocycles. The molecule has 1 saturated heterocycles. The summed E-state index contributed by atoms with van der Waals surface area (Å²) in [7, 11) is -3.49. The monoisotopic (exact) mass is 282 g/mol. The van der Waals surface area contributed by atoms with Crippen LogP contribution in [-0.2, 0) is 10.0 Å². The van der Waals surface area contributed by atoms with E-state index < -0.39 is 10.0 Å². The minimum atomic E-state index is -3.49. The predicted molar refractivity (Wildman–Crippen MR) is 65.9 cm³/mol. The zero-order chi connectivity index (χ0) is 13.5. The second kappa shape index (κ2) is 4.46. The summed E-state index contributed by atoms with van der Waals surface area (Å²) in [5, 5.41) is 7.68. The Morgan fingerprint density at radius 3 is 2.89 bits per heavy atom. The summed E-state index contributed by atoms with van der Waals surface area (Å²) >= 11 is 0. The van der Waals surface area contributed by atoms with Crippen molar-refractivity contribution in [2.24, 2.45) is 0 Å². The van der Waals surface area contributed by atoms with E-state index in [9.17, 15) is 8.42 Å². The molecule has 1 aliphatic rings. The van der Waals surface area contributed by atoms with Gasteiger partial charge in [-0.3, -0.25) is 4.68 Å². The quantitative estimate of drug-likeness (QED) is 0.832. The minimum Gasteiger partial charge on any atom is -0.363 e. The molecular weight excluding hydrogens is 268 g/mol. The Morgan fingerprint density at radius 2 is 2.26 bits per heavy atom. The molecule has 7 nitrogen and oxygen atoms in total. The first-order valence-corrected chi connectivity index (χ1v) is 7.41. The van der Waals surface area contributed by atoms with Crippen molar-refractivity contribution in [3.05, 3.63) is 30.4 Å². The fourth-order valence-corrected chi connectivity index (χ4v) is 3.60. The molecule has 1 unspecified atom stereocenters. The standard InChI is InChI=1S/C11H14N4O3S/c1-9-4-12-15(6-9)10-2-3-14(7-10)19(16,17)11-5-13-18-8-11/h4-6,8,10H,2-3,7H2,1H3. The number of hydrogen-bond acceptors (Lipinski definition) is 5. The summed E-state index contributed by atoms with van der Waals surface area (Å²) in [5.41, 5.74) is 1.07. The predicted octanol–water partition coefficient (Wildman–Crippen LogP) is 0.815. The SMILES string of the molecule is Cc1cnn(C2CCN(S(=O)(=O)c3cnoc3)C2)c1. The van der Waals surface area contributed by atoms with Gasteiger partial charge in [-0.2, -0.15) is 9.40 Å². The highest BCUT2D eigenvalue weighted by atomic mass is 32.2. The second-order valence-corrected chi connectivity index (χ2v) is 6.60. The molecule has 1 fully saturated rings. The van der Waals surface area contributed by atoms with Crippen molar-refractivity contribution in [3.8, 4) is 0 Å². The van der Waals surface area contributed by atoms with Crippen LogP contribution < -0.4 is 0 Å². The molecule has 0 N–H and O–H groups in total. The molecule has 0 aromatic carbocycles. The molecular formula is C11H14N4O3S. The number of nitrogens with zero attached hydrogens (tertiary/aromatic N) is 4. The summed E-state index contributed by atoms with van der Waals surface area (Å²) in [6, 6.07) is 0.0864. The Labute approximate surface area is 110 Å². The van der Waals surface area contributed by atoms with Crippen LogP contribution in [0.15, 0.2) is 34.3 Å². The van der Waals surface area contributed by atoms with Gasteiger partial charge >= 0.3 is 0 Å². The van der Waals surface area contributed by atoms with Gasteiger partial charge < -0.3 is 4.52 Å². The van der Waals surface area contributed by atoms with E-state index >= 15 is 0 Å². The number of rotatable bonds is 3. The highest BCUT2D eigenvalue weighted by Crippen LogP contribution is 2.26. The van der Waals surface area contributed by atoms with E-state index in [4.69, 9.17) is 0 Å². The molecule has 0 amide bonds. The van der Waals surface area contributed by atoms with E-state index in [0.29, 0.717) is 13.1 Å². The van der Waals surface area contributed by atoms with Gasteiger partial charge in [0.2, 0.25) is 10.0 Å². The number of aromatic nitrogens is 3. The first-order chi connectivity index (χ1) is 9.07. The Bertz CT molecular complexity index is 662. The smallest absolute Gasteiger partial charge is 0.247 e. The first-order valence-electron chi connectivity index (χ1n) is 5.97. The van der Waals surface area contributed by atoms with Gasteiger partial charge in [0.05, 0.1) is 18.4 Å². The average molecular weight is 282 g/mol. The van der Waals surface area contributed by atoms with Crippen LogP contribution in [0, 0.1) is 6.92 Å². The maximum Gasteiger partial charge on any atom is 0.247 e.